The second kappa shape index (κ2) is 9.56. The lowest BCUT2D eigenvalue weighted by Crippen LogP contribution is -2.35. The molecule has 156 valence electrons. The van der Waals surface area contributed by atoms with Gasteiger partial charge in [-0.1, -0.05) is 54.1 Å². The zero-order valence-electron chi connectivity index (χ0n) is 16.8. The van der Waals surface area contributed by atoms with Crippen LogP contribution in [0.15, 0.2) is 83.8 Å². The highest BCUT2D eigenvalue weighted by Gasteiger charge is 2.28. The van der Waals surface area contributed by atoms with Crippen molar-refractivity contribution in [3.63, 3.8) is 0 Å². The third kappa shape index (κ3) is 5.25. The lowest BCUT2D eigenvalue weighted by molar-refractivity contribution is -0.140. The molecule has 0 saturated carbocycles. The maximum Gasteiger partial charge on any atom is 0.321 e. The SMILES string of the molecule is COC(=O)CN(Cc1ccccc1Oc1ccccc1)S(=O)(=O)c1ccc(C)cc1. The predicted molar refractivity (Wildman–Crippen MR) is 114 cm³/mol. The summed E-state index contributed by atoms with van der Waals surface area (Å²) in [5, 5.41) is 0. The van der Waals surface area contributed by atoms with E-state index in [1.54, 1.807) is 36.4 Å². The van der Waals surface area contributed by atoms with Gasteiger partial charge in [0.05, 0.1) is 12.0 Å². The molecule has 0 bridgehead atoms. The van der Waals surface area contributed by atoms with Crippen LogP contribution in [-0.4, -0.2) is 32.3 Å². The first kappa shape index (κ1) is 21.5. The summed E-state index contributed by atoms with van der Waals surface area (Å²) < 4.78 is 38.2. The number of benzene rings is 3. The fourth-order valence-corrected chi connectivity index (χ4v) is 4.20. The van der Waals surface area contributed by atoms with Gasteiger partial charge in [0.15, 0.2) is 0 Å². The lowest BCUT2D eigenvalue weighted by Gasteiger charge is -2.22. The Morgan fingerprint density at radius 2 is 1.53 bits per heavy atom. The summed E-state index contributed by atoms with van der Waals surface area (Å²) in [5.41, 5.74) is 1.57. The van der Waals surface area contributed by atoms with Gasteiger partial charge in [-0.3, -0.25) is 4.79 Å². The third-order valence-corrected chi connectivity index (χ3v) is 6.29. The molecule has 0 aliphatic carbocycles. The second-order valence-electron chi connectivity index (χ2n) is 6.69. The molecule has 0 heterocycles. The minimum atomic E-state index is -3.93. The molecule has 30 heavy (non-hydrogen) atoms. The van der Waals surface area contributed by atoms with E-state index in [4.69, 9.17) is 9.47 Å². The standard InChI is InChI=1S/C23H23NO5S/c1-18-12-14-21(15-13-18)30(26,27)24(17-23(25)28-2)16-19-8-6-7-11-22(19)29-20-9-4-3-5-10-20/h3-15H,16-17H2,1-2H3. The molecule has 0 radical (unpaired) electrons. The van der Waals surface area contributed by atoms with E-state index >= 15 is 0 Å². The molecule has 0 saturated heterocycles. The molecule has 0 amide bonds. The van der Waals surface area contributed by atoms with Crippen molar-refractivity contribution >= 4 is 16.0 Å². The van der Waals surface area contributed by atoms with Crippen LogP contribution >= 0.6 is 0 Å². The van der Waals surface area contributed by atoms with Crippen LogP contribution in [0.25, 0.3) is 0 Å². The first-order valence-electron chi connectivity index (χ1n) is 9.34. The van der Waals surface area contributed by atoms with Crippen LogP contribution in [0.4, 0.5) is 0 Å². The Kier molecular flexibility index (Phi) is 6.87. The highest BCUT2D eigenvalue weighted by Crippen LogP contribution is 2.28. The van der Waals surface area contributed by atoms with E-state index < -0.39 is 22.5 Å². The maximum absolute atomic E-state index is 13.2. The number of methoxy groups -OCH3 is 1. The third-order valence-electron chi connectivity index (χ3n) is 4.48. The van der Waals surface area contributed by atoms with Crippen LogP contribution in [-0.2, 0) is 26.1 Å². The molecule has 3 rings (SSSR count). The van der Waals surface area contributed by atoms with E-state index in [2.05, 4.69) is 0 Å². The first-order valence-corrected chi connectivity index (χ1v) is 10.8. The highest BCUT2D eigenvalue weighted by atomic mass is 32.2. The van der Waals surface area contributed by atoms with Gasteiger partial charge in [0.2, 0.25) is 10.0 Å². The van der Waals surface area contributed by atoms with Gasteiger partial charge in [-0.15, -0.1) is 0 Å². The number of aryl methyl sites for hydroxylation is 1. The van der Waals surface area contributed by atoms with E-state index in [0.717, 1.165) is 9.87 Å². The van der Waals surface area contributed by atoms with E-state index in [1.165, 1.54) is 19.2 Å². The molecule has 7 heteroatoms. The van der Waals surface area contributed by atoms with Gasteiger partial charge in [-0.2, -0.15) is 4.31 Å². The molecule has 0 unspecified atom stereocenters. The molecule has 0 fully saturated rings. The van der Waals surface area contributed by atoms with Gasteiger partial charge >= 0.3 is 5.97 Å². The van der Waals surface area contributed by atoms with Crippen molar-refractivity contribution in [1.29, 1.82) is 0 Å². The number of sulfonamides is 1. The van der Waals surface area contributed by atoms with Crippen molar-refractivity contribution in [3.05, 3.63) is 90.0 Å². The van der Waals surface area contributed by atoms with Gasteiger partial charge in [0.1, 0.15) is 18.0 Å². The summed E-state index contributed by atoms with van der Waals surface area (Å²) in [5.74, 6) is 0.496. The molecule has 6 nitrogen and oxygen atoms in total. The molecule has 0 spiro atoms. The summed E-state index contributed by atoms with van der Waals surface area (Å²) in [7, 11) is -2.71. The normalized spacial score (nSPS) is 11.3. The van der Waals surface area contributed by atoms with Gasteiger partial charge in [-0.25, -0.2) is 8.42 Å². The number of nitrogens with zero attached hydrogens (tertiary/aromatic N) is 1. The number of carbonyl (C=O) groups excluding carboxylic acids is 1. The Labute approximate surface area is 176 Å². The zero-order valence-corrected chi connectivity index (χ0v) is 17.6. The Morgan fingerprint density at radius 3 is 2.20 bits per heavy atom. The van der Waals surface area contributed by atoms with E-state index in [-0.39, 0.29) is 11.4 Å². The fraction of sp³-hybridized carbons (Fsp3) is 0.174. The van der Waals surface area contributed by atoms with Crippen molar-refractivity contribution in [2.75, 3.05) is 13.7 Å². The van der Waals surface area contributed by atoms with Crippen LogP contribution in [0.2, 0.25) is 0 Å². The smallest absolute Gasteiger partial charge is 0.321 e. The molecule has 0 atom stereocenters. The van der Waals surface area contributed by atoms with Gasteiger partial charge in [0, 0.05) is 12.1 Å². The topological polar surface area (TPSA) is 72.9 Å². The monoisotopic (exact) mass is 425 g/mol. The number of rotatable bonds is 8. The largest absolute Gasteiger partial charge is 0.468 e. The molecule has 0 aromatic heterocycles. The molecule has 0 aliphatic rings. The Bertz CT molecular complexity index is 1100. The first-order chi connectivity index (χ1) is 14.4. The Hall–Kier alpha value is -3.16. The highest BCUT2D eigenvalue weighted by molar-refractivity contribution is 7.89. The number of hydrogen-bond donors (Lipinski definition) is 0. The average molecular weight is 426 g/mol. The molecule has 3 aromatic rings. The summed E-state index contributed by atoms with van der Waals surface area (Å²) in [6.07, 6.45) is 0. The molecular formula is C23H23NO5S. The molecule has 0 aliphatic heterocycles. The van der Waals surface area contributed by atoms with Crippen molar-refractivity contribution < 1.29 is 22.7 Å². The predicted octanol–water partition coefficient (Wildman–Crippen LogP) is 4.15. The number of carbonyl (C=O) groups is 1. The minimum absolute atomic E-state index is 0.0473. The molecule has 3 aromatic carbocycles. The van der Waals surface area contributed by atoms with E-state index in [1.807, 2.05) is 37.3 Å². The van der Waals surface area contributed by atoms with Crippen molar-refractivity contribution in [1.82, 2.24) is 4.31 Å². The lowest BCUT2D eigenvalue weighted by atomic mass is 10.2. The zero-order chi connectivity index (χ0) is 21.6. The number of para-hydroxylation sites is 2. The number of ether oxygens (including phenoxy) is 2. The van der Waals surface area contributed by atoms with Crippen molar-refractivity contribution in [2.24, 2.45) is 0 Å². The van der Waals surface area contributed by atoms with Gasteiger partial charge in [0.25, 0.3) is 0 Å². The van der Waals surface area contributed by atoms with Crippen LogP contribution in [0.5, 0.6) is 11.5 Å². The Balaban J connectivity index is 1.94. The van der Waals surface area contributed by atoms with E-state index in [9.17, 15) is 13.2 Å². The van der Waals surface area contributed by atoms with E-state index in [0.29, 0.717) is 17.1 Å². The molecule has 0 N–H and O–H groups in total. The Morgan fingerprint density at radius 1 is 0.900 bits per heavy atom. The summed E-state index contributed by atoms with van der Waals surface area (Å²) in [4.78, 5) is 12.1. The number of esters is 1. The van der Waals surface area contributed by atoms with Crippen molar-refractivity contribution in [2.45, 2.75) is 18.4 Å². The summed E-state index contributed by atoms with van der Waals surface area (Å²) >= 11 is 0. The van der Waals surface area contributed by atoms with Gasteiger partial charge < -0.3 is 9.47 Å². The number of hydrogen-bond acceptors (Lipinski definition) is 5. The van der Waals surface area contributed by atoms with Crippen molar-refractivity contribution in [3.8, 4) is 11.5 Å². The fourth-order valence-electron chi connectivity index (χ4n) is 2.83. The molecular weight excluding hydrogens is 402 g/mol. The average Bonchev–Trinajstić information content (AvgIpc) is 2.75. The van der Waals surface area contributed by atoms with Crippen LogP contribution < -0.4 is 4.74 Å². The quantitative estimate of drug-likeness (QED) is 0.507. The van der Waals surface area contributed by atoms with Crippen LogP contribution in [0.1, 0.15) is 11.1 Å². The van der Waals surface area contributed by atoms with Gasteiger partial charge in [-0.05, 0) is 37.3 Å². The second-order valence-corrected chi connectivity index (χ2v) is 8.62. The maximum atomic E-state index is 13.2. The summed E-state index contributed by atoms with van der Waals surface area (Å²) in [6, 6.07) is 22.8. The van der Waals surface area contributed by atoms with Crippen LogP contribution in [0, 0.1) is 6.92 Å². The summed E-state index contributed by atoms with van der Waals surface area (Å²) in [6.45, 7) is 1.42. The minimum Gasteiger partial charge on any atom is -0.468 e. The van der Waals surface area contributed by atoms with Crippen LogP contribution in [0.3, 0.4) is 0 Å².